The van der Waals surface area contributed by atoms with Gasteiger partial charge in [-0.15, -0.1) is 0 Å². The molecule has 0 atom stereocenters. The molecule has 0 unspecified atom stereocenters. The monoisotopic (exact) mass is 402 g/mol. The molecular formula is C20H22N2O5S. The molecule has 28 heavy (non-hydrogen) atoms. The Bertz CT molecular complexity index is 1080. The van der Waals surface area contributed by atoms with Crippen LogP contribution in [0.1, 0.15) is 17.3 Å². The first-order chi connectivity index (χ1) is 13.6. The lowest BCUT2D eigenvalue weighted by molar-refractivity contribution is 0.0995. The fourth-order valence-corrected chi connectivity index (χ4v) is 4.16. The standard InChI is InChI=1S/C20H22N2O5S/c1-6-22-17-14(25-3)9-10-15(26-4)18(17)28-20(22)21-19(23)13-8-7-12(24-2)11-16(13)27-5/h7-11H,6H2,1-5H3. The van der Waals surface area contributed by atoms with Crippen LogP contribution in [-0.2, 0) is 6.54 Å². The van der Waals surface area contributed by atoms with E-state index in [1.54, 1.807) is 39.5 Å². The van der Waals surface area contributed by atoms with Crippen LogP contribution in [0.25, 0.3) is 10.2 Å². The summed E-state index contributed by atoms with van der Waals surface area (Å²) in [6.07, 6.45) is 0. The number of carbonyl (C=O) groups is 1. The molecular weight excluding hydrogens is 380 g/mol. The molecule has 148 valence electrons. The van der Waals surface area contributed by atoms with Crippen LogP contribution in [0.15, 0.2) is 35.3 Å². The fraction of sp³-hybridized carbons (Fsp3) is 0.300. The number of fused-ring (bicyclic) bond motifs is 1. The first-order valence-corrected chi connectivity index (χ1v) is 9.44. The average Bonchev–Trinajstić information content (AvgIpc) is 3.10. The average molecular weight is 402 g/mol. The third-order valence-electron chi connectivity index (χ3n) is 4.34. The van der Waals surface area contributed by atoms with Crippen molar-refractivity contribution in [3.05, 3.63) is 40.7 Å². The summed E-state index contributed by atoms with van der Waals surface area (Å²) in [5, 5.41) is 0. The summed E-state index contributed by atoms with van der Waals surface area (Å²) < 4.78 is 24.3. The summed E-state index contributed by atoms with van der Waals surface area (Å²) in [4.78, 5) is 17.8. The molecule has 8 heteroatoms. The summed E-state index contributed by atoms with van der Waals surface area (Å²) in [6.45, 7) is 2.61. The van der Waals surface area contributed by atoms with Crippen LogP contribution in [0.5, 0.6) is 23.0 Å². The van der Waals surface area contributed by atoms with E-state index in [0.717, 1.165) is 10.2 Å². The van der Waals surface area contributed by atoms with Gasteiger partial charge in [-0.05, 0) is 31.2 Å². The van der Waals surface area contributed by atoms with Gasteiger partial charge in [0.25, 0.3) is 5.91 Å². The zero-order valence-electron chi connectivity index (χ0n) is 16.4. The van der Waals surface area contributed by atoms with E-state index in [1.807, 2.05) is 23.6 Å². The molecule has 0 bridgehead atoms. The van der Waals surface area contributed by atoms with Gasteiger partial charge >= 0.3 is 0 Å². The highest BCUT2D eigenvalue weighted by molar-refractivity contribution is 7.16. The van der Waals surface area contributed by atoms with Gasteiger partial charge in [0.1, 0.15) is 33.2 Å². The summed E-state index contributed by atoms with van der Waals surface area (Å²) in [5.74, 6) is 2.02. The largest absolute Gasteiger partial charge is 0.497 e. The zero-order valence-corrected chi connectivity index (χ0v) is 17.3. The molecule has 0 fully saturated rings. The van der Waals surface area contributed by atoms with Gasteiger partial charge in [0.15, 0.2) is 4.80 Å². The third kappa shape index (κ3) is 3.43. The number of ether oxygens (including phenoxy) is 4. The molecule has 0 spiro atoms. The highest BCUT2D eigenvalue weighted by Gasteiger charge is 2.17. The van der Waals surface area contributed by atoms with Crippen LogP contribution in [0.3, 0.4) is 0 Å². The fourth-order valence-electron chi connectivity index (χ4n) is 2.96. The van der Waals surface area contributed by atoms with E-state index >= 15 is 0 Å². The lowest BCUT2D eigenvalue weighted by atomic mass is 10.2. The number of nitrogens with zero attached hydrogens (tertiary/aromatic N) is 2. The van der Waals surface area contributed by atoms with Crippen molar-refractivity contribution in [1.82, 2.24) is 4.57 Å². The van der Waals surface area contributed by atoms with Crippen LogP contribution in [0, 0.1) is 0 Å². The Morgan fingerprint density at radius 3 is 2.25 bits per heavy atom. The lowest BCUT2D eigenvalue weighted by Gasteiger charge is -2.09. The Labute approximate surface area is 166 Å². The maximum Gasteiger partial charge on any atom is 0.283 e. The van der Waals surface area contributed by atoms with Crippen molar-refractivity contribution in [2.75, 3.05) is 28.4 Å². The second kappa shape index (κ2) is 8.35. The number of aryl methyl sites for hydroxylation is 1. The van der Waals surface area contributed by atoms with Crippen molar-refractivity contribution >= 4 is 27.5 Å². The van der Waals surface area contributed by atoms with Crippen LogP contribution in [0.4, 0.5) is 0 Å². The Morgan fingerprint density at radius 2 is 1.64 bits per heavy atom. The maximum absolute atomic E-state index is 12.9. The van der Waals surface area contributed by atoms with E-state index in [1.165, 1.54) is 18.4 Å². The van der Waals surface area contributed by atoms with Gasteiger partial charge in [0, 0.05) is 12.6 Å². The first-order valence-electron chi connectivity index (χ1n) is 8.63. The van der Waals surface area contributed by atoms with Crippen LogP contribution in [0.2, 0.25) is 0 Å². The molecule has 3 rings (SSSR count). The number of hydrogen-bond donors (Lipinski definition) is 0. The SMILES string of the molecule is CCn1c(=NC(=O)c2ccc(OC)cc2OC)sc2c(OC)ccc(OC)c21. The Hall–Kier alpha value is -3.00. The molecule has 0 aliphatic heterocycles. The number of benzene rings is 2. The van der Waals surface area contributed by atoms with Gasteiger partial charge in [-0.3, -0.25) is 4.79 Å². The van der Waals surface area contributed by atoms with Crippen molar-refractivity contribution < 1.29 is 23.7 Å². The van der Waals surface area contributed by atoms with E-state index < -0.39 is 5.91 Å². The Balaban J connectivity index is 2.21. The topological polar surface area (TPSA) is 71.3 Å². The predicted molar refractivity (Wildman–Crippen MR) is 108 cm³/mol. The van der Waals surface area contributed by atoms with Gasteiger partial charge in [0.05, 0.1) is 34.0 Å². The summed E-state index contributed by atoms with van der Waals surface area (Å²) >= 11 is 1.38. The van der Waals surface area contributed by atoms with Gasteiger partial charge in [-0.25, -0.2) is 0 Å². The van der Waals surface area contributed by atoms with E-state index in [0.29, 0.717) is 39.9 Å². The predicted octanol–water partition coefficient (Wildman–Crippen LogP) is 3.50. The normalized spacial score (nSPS) is 11.5. The number of thiazole rings is 1. The van der Waals surface area contributed by atoms with Crippen LogP contribution in [-0.4, -0.2) is 38.9 Å². The molecule has 7 nitrogen and oxygen atoms in total. The quantitative estimate of drug-likeness (QED) is 0.631. The molecule has 1 heterocycles. The second-order valence-corrected chi connectivity index (χ2v) is 6.74. The molecule has 3 aromatic rings. The van der Waals surface area contributed by atoms with E-state index in [2.05, 4.69) is 4.99 Å². The molecule has 0 saturated heterocycles. The molecule has 0 aliphatic carbocycles. The molecule has 0 N–H and O–H groups in total. The highest BCUT2D eigenvalue weighted by atomic mass is 32.1. The van der Waals surface area contributed by atoms with Crippen molar-refractivity contribution in [1.29, 1.82) is 0 Å². The number of aromatic nitrogens is 1. The molecule has 1 aromatic heterocycles. The van der Waals surface area contributed by atoms with E-state index in [-0.39, 0.29) is 0 Å². The summed E-state index contributed by atoms with van der Waals surface area (Å²) in [5.41, 5.74) is 1.21. The zero-order chi connectivity index (χ0) is 20.3. The van der Waals surface area contributed by atoms with Crippen molar-refractivity contribution in [2.24, 2.45) is 4.99 Å². The summed E-state index contributed by atoms with van der Waals surface area (Å²) in [7, 11) is 6.29. The number of amides is 1. The van der Waals surface area contributed by atoms with E-state index in [9.17, 15) is 4.79 Å². The van der Waals surface area contributed by atoms with Crippen molar-refractivity contribution in [3.63, 3.8) is 0 Å². The highest BCUT2D eigenvalue weighted by Crippen LogP contribution is 2.35. The minimum Gasteiger partial charge on any atom is -0.497 e. The van der Waals surface area contributed by atoms with Gasteiger partial charge in [0.2, 0.25) is 0 Å². The number of hydrogen-bond acceptors (Lipinski definition) is 6. The minimum atomic E-state index is -0.397. The lowest BCUT2D eigenvalue weighted by Crippen LogP contribution is -2.16. The van der Waals surface area contributed by atoms with Crippen LogP contribution >= 0.6 is 11.3 Å². The first kappa shape index (κ1) is 19.8. The Morgan fingerprint density at radius 1 is 0.964 bits per heavy atom. The van der Waals surface area contributed by atoms with Gasteiger partial charge in [-0.1, -0.05) is 11.3 Å². The van der Waals surface area contributed by atoms with Gasteiger partial charge < -0.3 is 23.5 Å². The van der Waals surface area contributed by atoms with Crippen LogP contribution < -0.4 is 23.7 Å². The van der Waals surface area contributed by atoms with Gasteiger partial charge in [-0.2, -0.15) is 4.99 Å². The number of carbonyl (C=O) groups excluding carboxylic acids is 1. The maximum atomic E-state index is 12.9. The smallest absolute Gasteiger partial charge is 0.283 e. The molecule has 0 aliphatic rings. The molecule has 0 saturated carbocycles. The van der Waals surface area contributed by atoms with Crippen molar-refractivity contribution in [2.45, 2.75) is 13.5 Å². The van der Waals surface area contributed by atoms with Crippen molar-refractivity contribution in [3.8, 4) is 23.0 Å². The minimum absolute atomic E-state index is 0.363. The molecule has 1 amide bonds. The number of rotatable bonds is 6. The number of methoxy groups -OCH3 is 4. The molecule has 0 radical (unpaired) electrons. The molecule has 2 aromatic carbocycles. The third-order valence-corrected chi connectivity index (χ3v) is 5.44. The Kier molecular flexibility index (Phi) is 5.89. The van der Waals surface area contributed by atoms with E-state index in [4.69, 9.17) is 18.9 Å². The second-order valence-electron chi connectivity index (χ2n) is 5.76. The summed E-state index contributed by atoms with van der Waals surface area (Å²) in [6, 6.07) is 8.70.